The van der Waals surface area contributed by atoms with Gasteiger partial charge >= 0.3 is 0 Å². The van der Waals surface area contributed by atoms with E-state index in [1.54, 1.807) is 22.5 Å². The fraction of sp³-hybridized carbons (Fsp3) is 0.653. The summed E-state index contributed by atoms with van der Waals surface area (Å²) in [6.45, 7) is 4.11. The molecule has 5 saturated carbocycles. The average molecular weight is 1050 g/mol. The van der Waals surface area contributed by atoms with Crippen molar-refractivity contribution in [3.05, 3.63) is 150 Å². The molecule has 416 valence electrons. The standard InChI is InChI=1S/C75H100N2O/c1-2-52-30-44-63(45-31-52)78-64-46-39-59(40-47-64)75(58-37-32-54(33-38-58)53-18-6-3-7-19-53)70-27-15-12-25-66(70)67-48-43-62(51-71(67)75)76(72-28-16-13-24-65(72)56-20-8-4-9-21-56)61-41-34-55(35-42-61)57-36-49-74-69(50-57)68-26-14-17-29-73(68)77(74)60-22-10-5-11-23-60/h2-3,6,8,14,17,20,24,26,28,39-41,43-44,46-48,52-58,60,62,66-67,69-71,73-74H,1,4-5,7,9-13,15-16,18-19,21-23,25,27,29-38,42,45,49-51H2. The second kappa shape index (κ2) is 23.2. The van der Waals surface area contributed by atoms with Crippen molar-refractivity contribution in [1.82, 2.24) is 9.80 Å². The highest BCUT2D eigenvalue weighted by molar-refractivity contribution is 5.44. The van der Waals surface area contributed by atoms with E-state index in [1.165, 1.54) is 186 Å². The van der Waals surface area contributed by atoms with Crippen molar-refractivity contribution in [2.45, 2.75) is 235 Å². The molecule has 0 radical (unpaired) electrons. The van der Waals surface area contributed by atoms with Gasteiger partial charge in [0.05, 0.1) is 6.04 Å². The number of allylic oxidation sites excluding steroid dienone is 15. The number of nitrogens with zero attached hydrogens (tertiary/aromatic N) is 2. The van der Waals surface area contributed by atoms with Crippen molar-refractivity contribution in [3.8, 4) is 5.75 Å². The summed E-state index contributed by atoms with van der Waals surface area (Å²) in [5, 5.41) is 0. The Morgan fingerprint density at radius 1 is 0.603 bits per heavy atom. The van der Waals surface area contributed by atoms with Crippen molar-refractivity contribution >= 4 is 0 Å². The fourth-order valence-electron chi connectivity index (χ4n) is 21.3. The van der Waals surface area contributed by atoms with Crippen LogP contribution in [0.3, 0.4) is 0 Å². The van der Waals surface area contributed by atoms with Crippen LogP contribution in [-0.2, 0) is 5.41 Å². The molecule has 1 saturated heterocycles. The van der Waals surface area contributed by atoms with Crippen molar-refractivity contribution in [2.75, 3.05) is 0 Å². The van der Waals surface area contributed by atoms with Crippen molar-refractivity contribution in [2.24, 2.45) is 71.0 Å². The first kappa shape index (κ1) is 52.3. The number of hydrogen-bond acceptors (Lipinski definition) is 3. The predicted molar refractivity (Wildman–Crippen MR) is 324 cm³/mol. The van der Waals surface area contributed by atoms with Gasteiger partial charge < -0.3 is 9.64 Å². The molecule has 14 rings (SSSR count). The van der Waals surface area contributed by atoms with E-state index < -0.39 is 0 Å². The number of ether oxygens (including phenoxy) is 1. The molecule has 1 aromatic carbocycles. The van der Waals surface area contributed by atoms with E-state index >= 15 is 0 Å². The lowest BCUT2D eigenvalue weighted by Gasteiger charge is -2.53. The van der Waals surface area contributed by atoms with Crippen molar-refractivity contribution in [1.29, 1.82) is 0 Å². The zero-order chi connectivity index (χ0) is 52.0. The van der Waals surface area contributed by atoms with Gasteiger partial charge in [-0.05, 0) is 267 Å². The van der Waals surface area contributed by atoms with Gasteiger partial charge in [-0.1, -0.05) is 123 Å². The van der Waals surface area contributed by atoms with Crippen LogP contribution >= 0.6 is 0 Å². The molecule has 1 aliphatic heterocycles. The molecule has 6 fully saturated rings. The second-order valence-corrected chi connectivity index (χ2v) is 28.3. The van der Waals surface area contributed by atoms with Gasteiger partial charge in [-0.15, -0.1) is 6.58 Å². The lowest BCUT2D eigenvalue weighted by atomic mass is 9.52. The van der Waals surface area contributed by atoms with Gasteiger partial charge in [-0.2, -0.15) is 0 Å². The number of benzene rings is 1. The molecule has 78 heavy (non-hydrogen) atoms. The summed E-state index contributed by atoms with van der Waals surface area (Å²) < 4.78 is 6.77. The Balaban J connectivity index is 0.790. The molecule has 0 bridgehead atoms. The molecule has 0 spiro atoms. The summed E-state index contributed by atoms with van der Waals surface area (Å²) in [5.41, 5.74) is 8.65. The highest BCUT2D eigenvalue weighted by Gasteiger charge is 2.64. The zero-order valence-corrected chi connectivity index (χ0v) is 48.3. The van der Waals surface area contributed by atoms with Crippen LogP contribution in [0.25, 0.3) is 0 Å². The van der Waals surface area contributed by atoms with Gasteiger partial charge in [-0.25, -0.2) is 0 Å². The first-order valence-electron chi connectivity index (χ1n) is 33.7. The van der Waals surface area contributed by atoms with Gasteiger partial charge in [-0.3, -0.25) is 4.90 Å². The maximum absolute atomic E-state index is 6.77. The summed E-state index contributed by atoms with van der Waals surface area (Å²) >= 11 is 0. The van der Waals surface area contributed by atoms with Crippen LogP contribution < -0.4 is 4.74 Å². The Morgan fingerprint density at radius 2 is 1.45 bits per heavy atom. The SMILES string of the molecule is C=CC1CC=C(Oc2ccc(C3(C4CCC(C5CC=CCC5)CC4)C4CC(N(C5=CCC(C6CCC7C(C6)C6=CC=CCC6N7C6CCCCC6)CC5)C5=CCCC=C5C5C=CCCC5)C=CC4C4CCCCC43)cc2)CC1. The molecular weight excluding hydrogens is 945 g/mol. The van der Waals surface area contributed by atoms with Gasteiger partial charge in [0.1, 0.15) is 11.5 Å². The molecule has 0 aromatic heterocycles. The lowest BCUT2D eigenvalue weighted by Crippen LogP contribution is -2.50. The van der Waals surface area contributed by atoms with E-state index in [-0.39, 0.29) is 5.41 Å². The molecule has 1 heterocycles. The van der Waals surface area contributed by atoms with Gasteiger partial charge in [0.25, 0.3) is 0 Å². The summed E-state index contributed by atoms with van der Waals surface area (Å²) in [7, 11) is 0. The van der Waals surface area contributed by atoms with Crippen LogP contribution in [0.1, 0.15) is 211 Å². The molecule has 1 aromatic rings. The molecule has 3 heteroatoms. The van der Waals surface area contributed by atoms with Crippen molar-refractivity contribution < 1.29 is 4.74 Å². The van der Waals surface area contributed by atoms with Crippen molar-refractivity contribution in [3.63, 3.8) is 0 Å². The van der Waals surface area contributed by atoms with E-state index in [2.05, 4.69) is 126 Å². The molecule has 0 amide bonds. The minimum Gasteiger partial charge on any atom is -0.462 e. The monoisotopic (exact) mass is 1040 g/mol. The van der Waals surface area contributed by atoms with Crippen LogP contribution in [0.15, 0.2) is 144 Å². The molecule has 3 nitrogen and oxygen atoms in total. The van der Waals surface area contributed by atoms with E-state index in [9.17, 15) is 0 Å². The normalized spacial score (nSPS) is 40.8. The number of fused-ring (bicyclic) bond motifs is 6. The lowest BCUT2D eigenvalue weighted by molar-refractivity contribution is 0.0487. The topological polar surface area (TPSA) is 15.7 Å². The minimum atomic E-state index is 0.188. The highest BCUT2D eigenvalue weighted by atomic mass is 16.5. The summed E-state index contributed by atoms with van der Waals surface area (Å²) in [4.78, 5) is 6.20. The Morgan fingerprint density at radius 3 is 2.24 bits per heavy atom. The fourth-order valence-corrected chi connectivity index (χ4v) is 21.3. The maximum atomic E-state index is 6.77. The maximum Gasteiger partial charge on any atom is 0.126 e. The molecule has 13 aliphatic rings. The van der Waals surface area contributed by atoms with Crippen LogP contribution in [-0.4, -0.2) is 34.0 Å². The molecule has 14 atom stereocenters. The Hall–Kier alpha value is -3.82. The van der Waals surface area contributed by atoms with Crippen LogP contribution in [0.5, 0.6) is 5.75 Å². The molecule has 0 N–H and O–H groups in total. The third kappa shape index (κ3) is 9.80. The number of likely N-dealkylation sites (tertiary alicyclic amines) is 1. The quantitative estimate of drug-likeness (QED) is 0.194. The molecule has 12 aliphatic carbocycles. The number of hydrogen-bond donors (Lipinski definition) is 0. The predicted octanol–water partition coefficient (Wildman–Crippen LogP) is 19.4. The molecular formula is C75H100N2O. The molecule has 14 unspecified atom stereocenters. The second-order valence-electron chi connectivity index (χ2n) is 28.3. The van der Waals surface area contributed by atoms with E-state index in [0.29, 0.717) is 35.8 Å². The smallest absolute Gasteiger partial charge is 0.126 e. The average Bonchev–Trinajstić information content (AvgIpc) is 4.24. The third-order valence-electron chi connectivity index (χ3n) is 24.8. The van der Waals surface area contributed by atoms with E-state index in [1.807, 2.05) is 5.57 Å². The minimum absolute atomic E-state index is 0.188. The van der Waals surface area contributed by atoms with Gasteiger partial charge in [0.2, 0.25) is 0 Å². The Bertz CT molecular complexity index is 2580. The van der Waals surface area contributed by atoms with Crippen LogP contribution in [0.2, 0.25) is 0 Å². The largest absolute Gasteiger partial charge is 0.462 e. The Labute approximate surface area is 473 Å². The number of rotatable bonds is 12. The van der Waals surface area contributed by atoms with Gasteiger partial charge in [0, 0.05) is 47.3 Å². The zero-order valence-electron chi connectivity index (χ0n) is 48.3. The highest BCUT2D eigenvalue weighted by Crippen LogP contribution is 2.68. The van der Waals surface area contributed by atoms with E-state index in [4.69, 9.17) is 4.74 Å². The first-order valence-corrected chi connectivity index (χ1v) is 33.7. The summed E-state index contributed by atoms with van der Waals surface area (Å²) in [5.74, 6) is 11.2. The van der Waals surface area contributed by atoms with E-state index in [0.717, 1.165) is 90.2 Å². The van der Waals surface area contributed by atoms with Crippen LogP contribution in [0, 0.1) is 71.0 Å². The third-order valence-corrected chi connectivity index (χ3v) is 24.8. The summed E-state index contributed by atoms with van der Waals surface area (Å²) in [6.07, 6.45) is 79.0. The Kier molecular flexibility index (Phi) is 15.5. The van der Waals surface area contributed by atoms with Crippen LogP contribution in [0.4, 0.5) is 0 Å². The summed E-state index contributed by atoms with van der Waals surface area (Å²) in [6, 6.07) is 12.8. The van der Waals surface area contributed by atoms with Gasteiger partial charge in [0.15, 0.2) is 0 Å². The first-order chi connectivity index (χ1) is 38.6.